The first-order valence-electron chi connectivity index (χ1n) is 6.35. The van der Waals surface area contributed by atoms with Crippen LogP contribution in [0, 0.1) is 0 Å². The highest BCUT2D eigenvalue weighted by Gasteiger charge is 2.32. The van der Waals surface area contributed by atoms with Gasteiger partial charge in [-0.2, -0.15) is 0 Å². The summed E-state index contributed by atoms with van der Waals surface area (Å²) in [5, 5.41) is 0. The van der Waals surface area contributed by atoms with Crippen LogP contribution >= 0.6 is 15.9 Å². The Labute approximate surface area is 127 Å². The topological polar surface area (TPSA) is 61.5 Å². The van der Waals surface area contributed by atoms with Crippen LogP contribution in [0.4, 0.5) is 0 Å². The molecule has 1 aliphatic rings. The van der Waals surface area contributed by atoms with Gasteiger partial charge in [-0.05, 0) is 54.4 Å². The number of nitrogens with two attached hydrogens (primary N) is 1. The average molecular weight is 340 g/mol. The Morgan fingerprint density at radius 2 is 2.10 bits per heavy atom. The van der Waals surface area contributed by atoms with Gasteiger partial charge in [-0.1, -0.05) is 6.07 Å². The molecule has 0 radical (unpaired) electrons. The molecule has 20 heavy (non-hydrogen) atoms. The fourth-order valence-corrected chi connectivity index (χ4v) is 2.59. The maximum Gasteiger partial charge on any atom is 0.312 e. The number of hydrogen-bond acceptors (Lipinski definition) is 4. The zero-order valence-corrected chi connectivity index (χ0v) is 13.6. The van der Waals surface area contributed by atoms with Gasteiger partial charge in [0.25, 0.3) is 0 Å². The summed E-state index contributed by atoms with van der Waals surface area (Å²) in [6.45, 7) is 5.62. The molecule has 1 aliphatic heterocycles. The van der Waals surface area contributed by atoms with E-state index < -0.39 is 5.60 Å². The van der Waals surface area contributed by atoms with Crippen LogP contribution in [-0.4, -0.2) is 18.7 Å². The van der Waals surface area contributed by atoms with Gasteiger partial charge in [-0.3, -0.25) is 4.79 Å². The Hall–Kier alpha value is -1.49. The number of hydrogen-bond donors (Lipinski definition) is 1. The summed E-state index contributed by atoms with van der Waals surface area (Å²) < 4.78 is 11.6. The summed E-state index contributed by atoms with van der Waals surface area (Å²) in [6.07, 6.45) is 1.87. The van der Waals surface area contributed by atoms with Crippen LogP contribution in [-0.2, 0) is 9.53 Å². The SMILES string of the molecule is COC(=O)[C@@H](C)c1ccc(Br)c2c1C=C(N)C(C)(C)O2. The summed E-state index contributed by atoms with van der Waals surface area (Å²) in [6, 6.07) is 3.76. The molecule has 1 aromatic rings. The van der Waals surface area contributed by atoms with Crippen molar-refractivity contribution in [2.24, 2.45) is 5.73 Å². The van der Waals surface area contributed by atoms with E-state index >= 15 is 0 Å². The van der Waals surface area contributed by atoms with E-state index in [1.807, 2.05) is 32.1 Å². The third-order valence-electron chi connectivity index (χ3n) is 3.56. The minimum atomic E-state index is -0.567. The Bertz CT molecular complexity index is 593. The number of ether oxygens (including phenoxy) is 2. The average Bonchev–Trinajstić information content (AvgIpc) is 2.40. The molecule has 2 rings (SSSR count). The highest BCUT2D eigenvalue weighted by Crippen LogP contribution is 2.42. The van der Waals surface area contributed by atoms with E-state index in [4.69, 9.17) is 15.2 Å². The normalized spacial score (nSPS) is 17.6. The number of methoxy groups -OCH3 is 1. The summed E-state index contributed by atoms with van der Waals surface area (Å²) >= 11 is 3.48. The molecule has 0 bridgehead atoms. The van der Waals surface area contributed by atoms with Crippen LogP contribution in [0.2, 0.25) is 0 Å². The third-order valence-corrected chi connectivity index (χ3v) is 4.18. The summed E-state index contributed by atoms with van der Waals surface area (Å²) in [5.74, 6) is 0.0412. The largest absolute Gasteiger partial charge is 0.480 e. The summed E-state index contributed by atoms with van der Waals surface area (Å²) in [7, 11) is 1.38. The molecule has 0 fully saturated rings. The molecule has 1 heterocycles. The van der Waals surface area contributed by atoms with Crippen molar-refractivity contribution in [2.45, 2.75) is 32.3 Å². The van der Waals surface area contributed by atoms with E-state index in [1.54, 1.807) is 6.92 Å². The minimum Gasteiger partial charge on any atom is -0.480 e. The van der Waals surface area contributed by atoms with Crippen LogP contribution in [0.3, 0.4) is 0 Å². The predicted octanol–water partition coefficient (Wildman–Crippen LogP) is 3.20. The van der Waals surface area contributed by atoms with Crippen LogP contribution < -0.4 is 10.5 Å². The lowest BCUT2D eigenvalue weighted by atomic mass is 9.90. The molecule has 108 valence electrons. The lowest BCUT2D eigenvalue weighted by Crippen LogP contribution is -2.37. The molecule has 5 heteroatoms. The lowest BCUT2D eigenvalue weighted by molar-refractivity contribution is -0.142. The molecule has 0 aromatic heterocycles. The maximum absolute atomic E-state index is 11.8. The van der Waals surface area contributed by atoms with E-state index in [0.717, 1.165) is 15.6 Å². The number of rotatable bonds is 2. The summed E-state index contributed by atoms with van der Waals surface area (Å²) in [4.78, 5) is 11.8. The number of carbonyl (C=O) groups is 1. The van der Waals surface area contributed by atoms with Gasteiger partial charge in [0.05, 0.1) is 23.2 Å². The van der Waals surface area contributed by atoms with Crippen LogP contribution in [0.1, 0.15) is 37.8 Å². The van der Waals surface area contributed by atoms with Crippen molar-refractivity contribution in [3.8, 4) is 5.75 Å². The molecule has 0 saturated heterocycles. The zero-order chi connectivity index (χ0) is 15.1. The Kier molecular flexibility index (Phi) is 3.82. The Morgan fingerprint density at radius 3 is 2.70 bits per heavy atom. The van der Waals surface area contributed by atoms with Gasteiger partial charge in [-0.25, -0.2) is 0 Å². The molecular weight excluding hydrogens is 322 g/mol. The van der Waals surface area contributed by atoms with Crippen molar-refractivity contribution < 1.29 is 14.3 Å². The number of benzene rings is 1. The van der Waals surface area contributed by atoms with E-state index in [0.29, 0.717) is 11.4 Å². The molecule has 0 unspecified atom stereocenters. The molecule has 0 spiro atoms. The van der Waals surface area contributed by atoms with E-state index in [2.05, 4.69) is 15.9 Å². The van der Waals surface area contributed by atoms with Gasteiger partial charge < -0.3 is 15.2 Å². The molecule has 0 amide bonds. The standard InChI is InChI=1S/C15H18BrNO3/c1-8(14(18)19-4)9-5-6-11(16)13-10(9)7-12(17)15(2,3)20-13/h5-8H,17H2,1-4H3/t8-/m0/s1. The van der Waals surface area contributed by atoms with E-state index in [9.17, 15) is 4.79 Å². The third kappa shape index (κ3) is 2.42. The van der Waals surface area contributed by atoms with Crippen LogP contribution in [0.5, 0.6) is 5.75 Å². The maximum atomic E-state index is 11.8. The molecule has 1 aromatic carbocycles. The van der Waals surface area contributed by atoms with Crippen molar-refractivity contribution in [3.05, 3.63) is 33.4 Å². The number of esters is 1. The Morgan fingerprint density at radius 1 is 1.45 bits per heavy atom. The zero-order valence-electron chi connectivity index (χ0n) is 12.0. The van der Waals surface area contributed by atoms with Gasteiger partial charge in [0.15, 0.2) is 0 Å². The van der Waals surface area contributed by atoms with Gasteiger partial charge >= 0.3 is 5.97 Å². The van der Waals surface area contributed by atoms with E-state index in [1.165, 1.54) is 7.11 Å². The molecule has 4 nitrogen and oxygen atoms in total. The fourth-order valence-electron chi connectivity index (χ4n) is 2.17. The summed E-state index contributed by atoms with van der Waals surface area (Å²) in [5.41, 5.74) is 7.79. The monoisotopic (exact) mass is 339 g/mol. The van der Waals surface area contributed by atoms with Crippen LogP contribution in [0.15, 0.2) is 22.3 Å². The predicted molar refractivity (Wildman–Crippen MR) is 81.4 cm³/mol. The van der Waals surface area contributed by atoms with E-state index in [-0.39, 0.29) is 11.9 Å². The number of fused-ring (bicyclic) bond motifs is 1. The first-order valence-corrected chi connectivity index (χ1v) is 7.14. The second-order valence-electron chi connectivity index (χ2n) is 5.34. The second kappa shape index (κ2) is 5.13. The molecule has 1 atom stereocenters. The van der Waals surface area contributed by atoms with Crippen molar-refractivity contribution in [1.82, 2.24) is 0 Å². The lowest BCUT2D eigenvalue weighted by Gasteiger charge is -2.33. The van der Waals surface area contributed by atoms with Crippen molar-refractivity contribution in [3.63, 3.8) is 0 Å². The number of halogens is 1. The molecule has 2 N–H and O–H groups in total. The molecular formula is C15H18BrNO3. The molecule has 0 aliphatic carbocycles. The van der Waals surface area contributed by atoms with Gasteiger partial charge in [0.1, 0.15) is 11.4 Å². The number of carbonyl (C=O) groups excluding carboxylic acids is 1. The van der Waals surface area contributed by atoms with Crippen molar-refractivity contribution in [1.29, 1.82) is 0 Å². The Balaban J connectivity index is 2.60. The minimum absolute atomic E-state index is 0.286. The van der Waals surface area contributed by atoms with Crippen molar-refractivity contribution in [2.75, 3.05) is 7.11 Å². The quantitative estimate of drug-likeness (QED) is 0.840. The van der Waals surface area contributed by atoms with Gasteiger partial charge in [0, 0.05) is 5.56 Å². The fraction of sp³-hybridized carbons (Fsp3) is 0.400. The second-order valence-corrected chi connectivity index (χ2v) is 6.19. The highest BCUT2D eigenvalue weighted by molar-refractivity contribution is 9.10. The van der Waals surface area contributed by atoms with Crippen LogP contribution in [0.25, 0.3) is 6.08 Å². The van der Waals surface area contributed by atoms with Crippen molar-refractivity contribution >= 4 is 28.0 Å². The molecule has 0 saturated carbocycles. The first-order chi connectivity index (χ1) is 9.27. The highest BCUT2D eigenvalue weighted by atomic mass is 79.9. The first kappa shape index (κ1) is 14.9. The van der Waals surface area contributed by atoms with Gasteiger partial charge in [-0.15, -0.1) is 0 Å². The smallest absolute Gasteiger partial charge is 0.312 e. The van der Waals surface area contributed by atoms with Gasteiger partial charge in [0.2, 0.25) is 0 Å².